The fraction of sp³-hybridized carbons (Fsp3) is 0.391. The van der Waals surface area contributed by atoms with Crippen LogP contribution in [-0.4, -0.2) is 56.2 Å². The minimum Gasteiger partial charge on any atom is -0.357 e. The van der Waals surface area contributed by atoms with Gasteiger partial charge in [0.25, 0.3) is 5.91 Å². The third-order valence-corrected chi connectivity index (χ3v) is 5.31. The van der Waals surface area contributed by atoms with Crippen molar-refractivity contribution in [3.8, 4) is 0 Å². The third-order valence-electron chi connectivity index (χ3n) is 4.21. The van der Waals surface area contributed by atoms with Crippen LogP contribution in [0.4, 0.5) is 0 Å². The van der Waals surface area contributed by atoms with E-state index in [1.807, 2.05) is 36.0 Å². The van der Waals surface area contributed by atoms with Crippen molar-refractivity contribution in [1.29, 1.82) is 0 Å². The van der Waals surface area contributed by atoms with Crippen LogP contribution in [0.5, 0.6) is 0 Å². The molecule has 0 saturated carbocycles. The molecular formula is C23H33IN4OS. The molecule has 2 N–H and O–H groups in total. The highest BCUT2D eigenvalue weighted by atomic mass is 127. The number of nitrogens with one attached hydrogen (secondary N) is 2. The zero-order valence-corrected chi connectivity index (χ0v) is 21.2. The summed E-state index contributed by atoms with van der Waals surface area (Å²) in [6.07, 6.45) is 1.87. The smallest absolute Gasteiger partial charge is 0.253 e. The molecule has 0 aliphatic rings. The standard InChI is InChI=1S/C23H32N4OS.HI/c1-4-24-23(25-15-9-17-29-21-12-6-5-7-13-21)26-16-14-19-10-8-11-20(18-19)22(28)27(2)3;/h5-8,10-13,18H,4,9,14-17H2,1-3H3,(H2,24,25,26);1H. The van der Waals surface area contributed by atoms with E-state index in [4.69, 9.17) is 0 Å². The van der Waals surface area contributed by atoms with Crippen LogP contribution >= 0.6 is 35.7 Å². The molecule has 0 fully saturated rings. The lowest BCUT2D eigenvalue weighted by atomic mass is 10.1. The molecule has 0 heterocycles. The van der Waals surface area contributed by atoms with Gasteiger partial charge in [0.2, 0.25) is 0 Å². The molecule has 5 nitrogen and oxygen atoms in total. The Balaban J connectivity index is 0.00000450. The summed E-state index contributed by atoms with van der Waals surface area (Å²) in [7, 11) is 3.54. The molecule has 0 unspecified atom stereocenters. The molecule has 0 atom stereocenters. The number of carbonyl (C=O) groups is 1. The predicted molar refractivity (Wildman–Crippen MR) is 139 cm³/mol. The Kier molecular flexibility index (Phi) is 13.3. The fourth-order valence-electron chi connectivity index (χ4n) is 2.75. The van der Waals surface area contributed by atoms with Crippen LogP contribution in [0.1, 0.15) is 29.3 Å². The van der Waals surface area contributed by atoms with Gasteiger partial charge in [-0.05, 0) is 55.3 Å². The Hall–Kier alpha value is -1.74. The Labute approximate surface area is 202 Å². The number of aliphatic imine (C=N–C) groups is 1. The second-order valence-corrected chi connectivity index (χ2v) is 8.02. The number of guanidine groups is 1. The zero-order valence-electron chi connectivity index (χ0n) is 18.1. The number of halogens is 1. The average molecular weight is 541 g/mol. The predicted octanol–water partition coefficient (Wildman–Crippen LogP) is 4.29. The summed E-state index contributed by atoms with van der Waals surface area (Å²) in [6, 6.07) is 18.3. The lowest BCUT2D eigenvalue weighted by Crippen LogP contribution is -2.38. The number of hydrogen-bond acceptors (Lipinski definition) is 3. The van der Waals surface area contributed by atoms with E-state index in [1.165, 1.54) is 4.90 Å². The summed E-state index contributed by atoms with van der Waals surface area (Å²) in [4.78, 5) is 19.7. The van der Waals surface area contributed by atoms with E-state index in [1.54, 1.807) is 19.0 Å². The quantitative estimate of drug-likeness (QED) is 0.155. The Morgan fingerprint density at radius 3 is 2.53 bits per heavy atom. The number of amides is 1. The van der Waals surface area contributed by atoms with Gasteiger partial charge in [-0.3, -0.25) is 9.79 Å². The van der Waals surface area contributed by atoms with Gasteiger partial charge in [0.15, 0.2) is 5.96 Å². The lowest BCUT2D eigenvalue weighted by Gasteiger charge is -2.13. The van der Waals surface area contributed by atoms with Gasteiger partial charge in [-0.15, -0.1) is 35.7 Å². The van der Waals surface area contributed by atoms with Crippen molar-refractivity contribution in [2.75, 3.05) is 39.5 Å². The van der Waals surface area contributed by atoms with Crippen molar-refractivity contribution >= 4 is 47.6 Å². The van der Waals surface area contributed by atoms with Gasteiger partial charge >= 0.3 is 0 Å². The Bertz CT molecular complexity index is 784. The molecule has 30 heavy (non-hydrogen) atoms. The molecule has 0 aromatic heterocycles. The first-order valence-electron chi connectivity index (χ1n) is 10.1. The van der Waals surface area contributed by atoms with Crippen LogP contribution < -0.4 is 10.6 Å². The molecule has 164 valence electrons. The number of hydrogen-bond donors (Lipinski definition) is 2. The molecular weight excluding hydrogens is 507 g/mol. The summed E-state index contributed by atoms with van der Waals surface area (Å²) in [6.45, 7) is 4.46. The van der Waals surface area contributed by atoms with Gasteiger partial charge in [-0.2, -0.15) is 0 Å². The number of carbonyl (C=O) groups excluding carboxylic acids is 1. The first kappa shape index (κ1) is 26.3. The molecule has 2 rings (SSSR count). The molecule has 0 saturated heterocycles. The number of benzene rings is 2. The molecule has 0 aliphatic carbocycles. The lowest BCUT2D eigenvalue weighted by molar-refractivity contribution is 0.0827. The summed E-state index contributed by atoms with van der Waals surface area (Å²) in [5, 5.41) is 6.68. The number of thioether (sulfide) groups is 1. The molecule has 0 spiro atoms. The average Bonchev–Trinajstić information content (AvgIpc) is 2.73. The second-order valence-electron chi connectivity index (χ2n) is 6.85. The summed E-state index contributed by atoms with van der Waals surface area (Å²) >= 11 is 1.87. The third kappa shape index (κ3) is 9.84. The van der Waals surface area contributed by atoms with Crippen molar-refractivity contribution in [3.05, 3.63) is 65.7 Å². The molecule has 0 aliphatic heterocycles. The van der Waals surface area contributed by atoms with E-state index >= 15 is 0 Å². The van der Waals surface area contributed by atoms with Crippen LogP contribution in [-0.2, 0) is 6.42 Å². The highest BCUT2D eigenvalue weighted by Crippen LogP contribution is 2.17. The van der Waals surface area contributed by atoms with Gasteiger partial charge in [0.1, 0.15) is 0 Å². The van der Waals surface area contributed by atoms with Crippen LogP contribution in [0.15, 0.2) is 64.5 Å². The second kappa shape index (κ2) is 15.1. The van der Waals surface area contributed by atoms with Gasteiger partial charge in [0, 0.05) is 44.2 Å². The van der Waals surface area contributed by atoms with Gasteiger partial charge in [-0.25, -0.2) is 0 Å². The van der Waals surface area contributed by atoms with Gasteiger partial charge in [-0.1, -0.05) is 30.3 Å². The summed E-state index contributed by atoms with van der Waals surface area (Å²) in [5.41, 5.74) is 1.87. The van der Waals surface area contributed by atoms with E-state index in [0.717, 1.165) is 55.3 Å². The topological polar surface area (TPSA) is 56.7 Å². The van der Waals surface area contributed by atoms with Crippen LogP contribution in [0.2, 0.25) is 0 Å². The Morgan fingerprint density at radius 2 is 1.83 bits per heavy atom. The van der Waals surface area contributed by atoms with Crippen LogP contribution in [0, 0.1) is 0 Å². The van der Waals surface area contributed by atoms with Crippen molar-refractivity contribution in [3.63, 3.8) is 0 Å². The number of rotatable bonds is 10. The molecule has 2 aromatic rings. The molecule has 1 amide bonds. The molecule has 2 aromatic carbocycles. The van der Waals surface area contributed by atoms with Crippen LogP contribution in [0.25, 0.3) is 0 Å². The maximum absolute atomic E-state index is 12.1. The first-order chi connectivity index (χ1) is 14.1. The number of nitrogens with zero attached hydrogens (tertiary/aromatic N) is 2. The zero-order chi connectivity index (χ0) is 20.9. The van der Waals surface area contributed by atoms with E-state index < -0.39 is 0 Å². The normalized spacial score (nSPS) is 10.8. The van der Waals surface area contributed by atoms with E-state index in [9.17, 15) is 4.79 Å². The van der Waals surface area contributed by atoms with Crippen molar-refractivity contribution in [2.45, 2.75) is 24.7 Å². The first-order valence-corrected chi connectivity index (χ1v) is 11.1. The summed E-state index contributed by atoms with van der Waals surface area (Å²) < 4.78 is 0. The van der Waals surface area contributed by atoms with Gasteiger partial charge in [0.05, 0.1) is 0 Å². The molecule has 7 heteroatoms. The highest BCUT2D eigenvalue weighted by molar-refractivity contribution is 14.0. The molecule has 0 bridgehead atoms. The minimum atomic E-state index is 0. The maximum atomic E-state index is 12.1. The summed E-state index contributed by atoms with van der Waals surface area (Å²) in [5.74, 6) is 1.93. The van der Waals surface area contributed by atoms with Gasteiger partial charge < -0.3 is 15.5 Å². The van der Waals surface area contributed by atoms with E-state index in [-0.39, 0.29) is 29.9 Å². The molecule has 0 radical (unpaired) electrons. The fourth-order valence-corrected chi connectivity index (χ4v) is 3.61. The van der Waals surface area contributed by atoms with E-state index in [2.05, 4.69) is 52.9 Å². The monoisotopic (exact) mass is 540 g/mol. The van der Waals surface area contributed by atoms with Crippen molar-refractivity contribution in [1.82, 2.24) is 15.5 Å². The van der Waals surface area contributed by atoms with Crippen molar-refractivity contribution in [2.24, 2.45) is 4.99 Å². The maximum Gasteiger partial charge on any atom is 0.253 e. The largest absolute Gasteiger partial charge is 0.357 e. The van der Waals surface area contributed by atoms with Crippen LogP contribution in [0.3, 0.4) is 0 Å². The Morgan fingerprint density at radius 1 is 1.07 bits per heavy atom. The van der Waals surface area contributed by atoms with Crippen molar-refractivity contribution < 1.29 is 4.79 Å². The highest BCUT2D eigenvalue weighted by Gasteiger charge is 2.08. The minimum absolute atomic E-state index is 0. The SMILES string of the molecule is CCNC(=NCCCSc1ccccc1)NCCc1cccc(C(=O)N(C)C)c1.I. The van der Waals surface area contributed by atoms with E-state index in [0.29, 0.717) is 0 Å².